The van der Waals surface area contributed by atoms with Crippen LogP contribution < -0.4 is 0 Å². The molecular weight excluding hydrogens is 298 g/mol. The van der Waals surface area contributed by atoms with Crippen LogP contribution >= 0.6 is 0 Å². The van der Waals surface area contributed by atoms with Crippen molar-refractivity contribution in [3.63, 3.8) is 0 Å². The quantitative estimate of drug-likeness (QED) is 0.381. The molecule has 4 atom stereocenters. The van der Waals surface area contributed by atoms with Crippen LogP contribution in [0.5, 0.6) is 0 Å². The van der Waals surface area contributed by atoms with E-state index in [9.17, 15) is 4.91 Å². The van der Waals surface area contributed by atoms with E-state index in [2.05, 4.69) is 45.0 Å². The molecule has 0 aromatic heterocycles. The van der Waals surface area contributed by atoms with E-state index >= 15 is 0 Å². The van der Waals surface area contributed by atoms with Gasteiger partial charge in [-0.1, -0.05) is 50.8 Å². The Morgan fingerprint density at radius 1 is 1.29 bits per heavy atom. The molecule has 2 aliphatic carbocycles. The third-order valence-electron chi connectivity index (χ3n) is 5.46. The van der Waals surface area contributed by atoms with E-state index in [0.29, 0.717) is 5.92 Å². The first-order chi connectivity index (χ1) is 11.5. The van der Waals surface area contributed by atoms with E-state index in [1.54, 1.807) is 0 Å². The minimum absolute atomic E-state index is 0.141. The molecule has 2 aliphatic rings. The topological polar surface area (TPSA) is 38.7 Å². The number of nitrogens with zero attached hydrogens (tertiary/aromatic N) is 1. The van der Waals surface area contributed by atoms with Crippen LogP contribution in [0.3, 0.4) is 0 Å². The van der Waals surface area contributed by atoms with Crippen molar-refractivity contribution >= 4 is 0 Å². The van der Waals surface area contributed by atoms with E-state index in [1.807, 2.05) is 0 Å². The molecular formula is C21H35NO2. The number of hydrogen-bond donors (Lipinski definition) is 0. The van der Waals surface area contributed by atoms with Gasteiger partial charge in [0.15, 0.2) is 0 Å². The molecule has 0 amide bonds. The maximum atomic E-state index is 11.6. The Morgan fingerprint density at radius 3 is 2.71 bits per heavy atom. The van der Waals surface area contributed by atoms with Crippen molar-refractivity contribution in [1.29, 1.82) is 0 Å². The lowest BCUT2D eigenvalue weighted by Crippen LogP contribution is -2.34. The highest BCUT2D eigenvalue weighted by Crippen LogP contribution is 2.42. The molecule has 0 heterocycles. The fourth-order valence-electron chi connectivity index (χ4n) is 4.35. The van der Waals surface area contributed by atoms with Gasteiger partial charge in [-0.25, -0.2) is 0 Å². The van der Waals surface area contributed by atoms with E-state index in [4.69, 9.17) is 4.74 Å². The molecule has 24 heavy (non-hydrogen) atoms. The standard InChI is InChI=1S/C21H35NO2/c1-5-6-7-10-17-13-19(22-23)21(20(14-17)24-15(2)3)18-11-8-9-16(4)12-18/h13-16,18-19,21H,5-12H2,1-4H3/t16?,18-,19?,21?/m0/s1. The molecule has 0 aliphatic heterocycles. The van der Waals surface area contributed by atoms with Crippen LogP contribution in [0.1, 0.15) is 79.1 Å². The lowest BCUT2D eigenvalue weighted by Gasteiger charge is -2.38. The minimum Gasteiger partial charge on any atom is -0.495 e. The van der Waals surface area contributed by atoms with E-state index in [-0.39, 0.29) is 18.1 Å². The fourth-order valence-corrected chi connectivity index (χ4v) is 4.35. The SMILES string of the molecule is CCCCCC1=CC(N=O)C([C@H]2CCCC(C)C2)C(OC(C)C)=C1. The summed E-state index contributed by atoms with van der Waals surface area (Å²) >= 11 is 0. The zero-order chi connectivity index (χ0) is 17.5. The highest BCUT2D eigenvalue weighted by atomic mass is 16.5. The Morgan fingerprint density at radius 2 is 2.08 bits per heavy atom. The van der Waals surface area contributed by atoms with E-state index < -0.39 is 0 Å². The molecule has 2 rings (SSSR count). The summed E-state index contributed by atoms with van der Waals surface area (Å²) in [6, 6.07) is -0.254. The van der Waals surface area contributed by atoms with Gasteiger partial charge in [0.2, 0.25) is 0 Å². The summed E-state index contributed by atoms with van der Waals surface area (Å²) < 4.78 is 6.18. The van der Waals surface area contributed by atoms with Gasteiger partial charge in [-0.05, 0) is 63.0 Å². The lowest BCUT2D eigenvalue weighted by atomic mass is 9.70. The van der Waals surface area contributed by atoms with Crippen LogP contribution in [0.2, 0.25) is 0 Å². The van der Waals surface area contributed by atoms with Crippen LogP contribution in [-0.4, -0.2) is 12.1 Å². The summed E-state index contributed by atoms with van der Waals surface area (Å²) in [5.74, 6) is 2.42. The predicted octanol–water partition coefficient (Wildman–Crippen LogP) is 6.39. The monoisotopic (exact) mass is 333 g/mol. The van der Waals surface area contributed by atoms with Crippen LogP contribution in [0.25, 0.3) is 0 Å². The average molecular weight is 334 g/mol. The van der Waals surface area contributed by atoms with Crippen molar-refractivity contribution in [2.45, 2.75) is 91.2 Å². The lowest BCUT2D eigenvalue weighted by molar-refractivity contribution is 0.0829. The molecule has 3 heteroatoms. The second-order valence-corrected chi connectivity index (χ2v) is 8.07. The Kier molecular flexibility index (Phi) is 7.51. The molecule has 0 saturated heterocycles. The van der Waals surface area contributed by atoms with Gasteiger partial charge >= 0.3 is 0 Å². The van der Waals surface area contributed by atoms with Crippen molar-refractivity contribution < 1.29 is 4.74 Å². The second-order valence-electron chi connectivity index (χ2n) is 8.07. The summed E-state index contributed by atoms with van der Waals surface area (Å²) in [6.45, 7) is 8.69. The van der Waals surface area contributed by atoms with Crippen molar-refractivity contribution in [3.05, 3.63) is 28.4 Å². The van der Waals surface area contributed by atoms with Crippen LogP contribution in [0.4, 0.5) is 0 Å². The summed E-state index contributed by atoms with van der Waals surface area (Å²) in [5, 5.41) is 3.52. The van der Waals surface area contributed by atoms with Crippen LogP contribution in [0, 0.1) is 22.7 Å². The molecule has 0 spiro atoms. The van der Waals surface area contributed by atoms with Crippen molar-refractivity contribution in [1.82, 2.24) is 0 Å². The Balaban J connectivity index is 2.20. The van der Waals surface area contributed by atoms with E-state index in [1.165, 1.54) is 50.5 Å². The number of allylic oxidation sites excluding steroid dienone is 2. The van der Waals surface area contributed by atoms with Gasteiger partial charge in [-0.2, -0.15) is 4.91 Å². The maximum absolute atomic E-state index is 11.6. The Bertz CT molecular complexity index is 466. The fraction of sp³-hybridized carbons (Fsp3) is 0.810. The normalized spacial score (nSPS) is 30.7. The molecule has 0 N–H and O–H groups in total. The van der Waals surface area contributed by atoms with Gasteiger partial charge < -0.3 is 4.74 Å². The summed E-state index contributed by atoms with van der Waals surface area (Å²) in [5.41, 5.74) is 1.24. The van der Waals surface area contributed by atoms with Crippen molar-refractivity contribution in [2.75, 3.05) is 0 Å². The number of hydrogen-bond acceptors (Lipinski definition) is 3. The summed E-state index contributed by atoms with van der Waals surface area (Å²) in [4.78, 5) is 11.6. The molecule has 1 fully saturated rings. The van der Waals surface area contributed by atoms with Crippen LogP contribution in [0.15, 0.2) is 28.7 Å². The minimum atomic E-state index is -0.254. The molecule has 0 aromatic rings. The smallest absolute Gasteiger partial charge is 0.121 e. The zero-order valence-corrected chi connectivity index (χ0v) is 16.0. The summed E-state index contributed by atoms with van der Waals surface area (Å²) in [6.07, 6.45) is 14.1. The third-order valence-corrected chi connectivity index (χ3v) is 5.46. The Labute approximate surface area is 147 Å². The molecule has 0 bridgehead atoms. The zero-order valence-electron chi connectivity index (χ0n) is 16.0. The highest BCUT2D eigenvalue weighted by Gasteiger charge is 2.38. The van der Waals surface area contributed by atoms with Gasteiger partial charge in [0.25, 0.3) is 0 Å². The van der Waals surface area contributed by atoms with Gasteiger partial charge in [0, 0.05) is 5.92 Å². The number of unbranched alkanes of at least 4 members (excludes halogenated alkanes) is 2. The molecule has 3 nitrogen and oxygen atoms in total. The average Bonchev–Trinajstić information content (AvgIpc) is 2.54. The van der Waals surface area contributed by atoms with Crippen molar-refractivity contribution in [3.8, 4) is 0 Å². The number of ether oxygens (including phenoxy) is 1. The first kappa shape index (κ1) is 19.2. The predicted molar refractivity (Wildman–Crippen MR) is 101 cm³/mol. The van der Waals surface area contributed by atoms with Gasteiger partial charge in [-0.15, -0.1) is 0 Å². The first-order valence-corrected chi connectivity index (χ1v) is 9.96. The molecule has 0 aromatic carbocycles. The van der Waals surface area contributed by atoms with Crippen LogP contribution in [-0.2, 0) is 4.74 Å². The third kappa shape index (κ3) is 5.19. The van der Waals surface area contributed by atoms with Gasteiger partial charge in [-0.3, -0.25) is 0 Å². The number of rotatable bonds is 8. The molecule has 1 saturated carbocycles. The molecule has 0 radical (unpaired) electrons. The summed E-state index contributed by atoms with van der Waals surface area (Å²) in [7, 11) is 0. The Hall–Kier alpha value is -1.12. The molecule has 3 unspecified atom stereocenters. The maximum Gasteiger partial charge on any atom is 0.121 e. The molecule has 136 valence electrons. The van der Waals surface area contributed by atoms with Gasteiger partial charge in [0.05, 0.1) is 6.10 Å². The number of nitroso groups, excluding NO2 is 1. The highest BCUT2D eigenvalue weighted by molar-refractivity contribution is 5.32. The van der Waals surface area contributed by atoms with E-state index in [0.717, 1.165) is 18.1 Å². The van der Waals surface area contributed by atoms with Crippen molar-refractivity contribution in [2.24, 2.45) is 22.9 Å². The second kappa shape index (κ2) is 9.39. The first-order valence-electron chi connectivity index (χ1n) is 9.96. The van der Waals surface area contributed by atoms with Gasteiger partial charge in [0.1, 0.15) is 11.8 Å². The largest absolute Gasteiger partial charge is 0.495 e.